The van der Waals surface area contributed by atoms with Crippen molar-refractivity contribution in [1.29, 1.82) is 0 Å². The molecular formula is C6H12O2V. The van der Waals surface area contributed by atoms with Gasteiger partial charge in [-0.3, -0.25) is 0 Å². The van der Waals surface area contributed by atoms with Crippen LogP contribution in [0.2, 0.25) is 0 Å². The summed E-state index contributed by atoms with van der Waals surface area (Å²) in [5.74, 6) is 0.167. The fourth-order valence-electron chi connectivity index (χ4n) is 0. The number of allylic oxidation sites excluding steroid dienone is 1. The number of carbonyl (C=O) groups excluding carboxylic acids is 1. The van der Waals surface area contributed by atoms with Crippen molar-refractivity contribution in [2.45, 2.75) is 20.8 Å². The van der Waals surface area contributed by atoms with Crippen molar-refractivity contribution in [2.75, 3.05) is 0 Å². The van der Waals surface area contributed by atoms with Crippen LogP contribution in [-0.2, 0) is 25.8 Å². The molecule has 9 heavy (non-hydrogen) atoms. The summed E-state index contributed by atoms with van der Waals surface area (Å²) in [4.78, 5) is 9.44. The van der Waals surface area contributed by atoms with Crippen LogP contribution < -0.4 is 0 Å². The summed E-state index contributed by atoms with van der Waals surface area (Å²) in [6.45, 7) is 8.31. The zero-order valence-electron chi connectivity index (χ0n) is 6.05. The maximum atomic E-state index is 9.44. The Morgan fingerprint density at radius 2 is 1.44 bits per heavy atom. The number of rotatable bonds is 0. The summed E-state index contributed by atoms with van der Waals surface area (Å²) >= 11 is 1.06. The Labute approximate surface area is 65.5 Å². The first-order valence-electron chi connectivity index (χ1n) is 2.37. The molecule has 0 aromatic heterocycles. The van der Waals surface area contributed by atoms with Gasteiger partial charge in [-0.25, -0.2) is 0 Å². The molecule has 0 aliphatic rings. The molecule has 0 unspecified atom stereocenters. The van der Waals surface area contributed by atoms with E-state index in [1.807, 2.05) is 6.92 Å². The number of hydrogen-bond donors (Lipinski definition) is 0. The zero-order valence-corrected chi connectivity index (χ0v) is 7.44. The summed E-state index contributed by atoms with van der Waals surface area (Å²) in [5.41, 5.74) is 0. The molecular weight excluding hydrogens is 155 g/mol. The second-order valence-electron chi connectivity index (χ2n) is 1.32. The predicted octanol–water partition coefficient (Wildman–Crippen LogP) is 1.67. The molecule has 0 aromatic rings. The van der Waals surface area contributed by atoms with Crippen LogP contribution in [0.5, 0.6) is 0 Å². The second kappa shape index (κ2) is 25.0. The summed E-state index contributed by atoms with van der Waals surface area (Å²) in [6.07, 6.45) is 1.75. The maximum absolute atomic E-state index is 9.44. The molecule has 0 radical (unpaired) electrons. The molecule has 3 heteroatoms. The molecule has 0 heterocycles. The third-order valence-corrected chi connectivity index (χ3v) is 0. The normalized spacial score (nSPS) is 4.67. The van der Waals surface area contributed by atoms with Crippen molar-refractivity contribution in [2.24, 2.45) is 0 Å². The summed E-state index contributed by atoms with van der Waals surface area (Å²) in [5, 5.41) is 0. The van der Waals surface area contributed by atoms with E-state index in [9.17, 15) is 4.79 Å². The molecule has 0 aromatic carbocycles. The van der Waals surface area contributed by atoms with Gasteiger partial charge in [0.1, 0.15) is 5.78 Å². The summed E-state index contributed by atoms with van der Waals surface area (Å²) in [6, 6.07) is 0. The molecule has 0 aliphatic carbocycles. The Morgan fingerprint density at radius 1 is 1.44 bits per heavy atom. The van der Waals surface area contributed by atoms with Gasteiger partial charge in [-0.05, 0) is 20.8 Å². The first kappa shape index (κ1) is 15.9. The fourth-order valence-corrected chi connectivity index (χ4v) is 0. The number of carbonyl (C=O) groups is 1. The average molecular weight is 167 g/mol. The van der Waals surface area contributed by atoms with Crippen LogP contribution in [0.25, 0.3) is 0 Å². The molecule has 0 saturated carbocycles. The Balaban J connectivity index is -0.0000000646. The molecule has 0 rings (SSSR count). The Kier molecular flexibility index (Phi) is 44.2. The Hall–Kier alpha value is -0.206. The van der Waals surface area contributed by atoms with Crippen LogP contribution in [0, 0.1) is 0 Å². The molecule has 53 valence electrons. The molecule has 0 atom stereocenters. The fraction of sp³-hybridized carbons (Fsp3) is 0.500. The first-order valence-corrected chi connectivity index (χ1v) is 2.94. The minimum absolute atomic E-state index is 0.167. The van der Waals surface area contributed by atoms with Crippen LogP contribution in [0.1, 0.15) is 20.8 Å². The van der Waals surface area contributed by atoms with E-state index in [4.69, 9.17) is 3.67 Å². The Bertz CT molecular complexity index is 67.5. The van der Waals surface area contributed by atoms with E-state index in [0.29, 0.717) is 0 Å². The van der Waals surface area contributed by atoms with E-state index in [1.54, 1.807) is 6.08 Å². The van der Waals surface area contributed by atoms with Crippen LogP contribution in [0.3, 0.4) is 0 Å². The van der Waals surface area contributed by atoms with Gasteiger partial charge in [0.15, 0.2) is 0 Å². The number of Topliss-reactive ketones (excluding diaryl/α,β-unsaturated/α-hetero) is 1. The van der Waals surface area contributed by atoms with Crippen molar-refractivity contribution < 1.29 is 25.8 Å². The summed E-state index contributed by atoms with van der Waals surface area (Å²) < 4.78 is 8.19. The van der Waals surface area contributed by atoms with Gasteiger partial charge < -0.3 is 4.79 Å². The molecule has 0 aliphatic heterocycles. The average Bonchev–Trinajstić information content (AvgIpc) is 1.71. The Morgan fingerprint density at radius 3 is 1.44 bits per heavy atom. The molecule has 0 N–H and O–H groups in total. The van der Waals surface area contributed by atoms with E-state index in [2.05, 4.69) is 6.58 Å². The van der Waals surface area contributed by atoms with Crippen LogP contribution in [0.4, 0.5) is 0 Å². The van der Waals surface area contributed by atoms with E-state index in [0.717, 1.165) is 17.4 Å². The monoisotopic (exact) mass is 167 g/mol. The van der Waals surface area contributed by atoms with Gasteiger partial charge in [-0.1, -0.05) is 6.08 Å². The van der Waals surface area contributed by atoms with Gasteiger partial charge in [0.2, 0.25) is 0 Å². The van der Waals surface area contributed by atoms with Gasteiger partial charge in [-0.2, -0.15) is 0 Å². The van der Waals surface area contributed by atoms with Crippen LogP contribution in [0.15, 0.2) is 12.7 Å². The molecule has 0 fully saturated rings. The van der Waals surface area contributed by atoms with Crippen molar-refractivity contribution in [3.8, 4) is 0 Å². The topological polar surface area (TPSA) is 34.1 Å². The van der Waals surface area contributed by atoms with Gasteiger partial charge >= 0.3 is 21.0 Å². The molecule has 0 spiro atoms. The van der Waals surface area contributed by atoms with Gasteiger partial charge in [0, 0.05) is 0 Å². The SMILES string of the molecule is C=CC.CC(C)=O.[O]=[V]. The van der Waals surface area contributed by atoms with E-state index < -0.39 is 0 Å². The van der Waals surface area contributed by atoms with Crippen LogP contribution >= 0.6 is 0 Å². The van der Waals surface area contributed by atoms with E-state index >= 15 is 0 Å². The summed E-state index contributed by atoms with van der Waals surface area (Å²) in [7, 11) is 0. The zero-order chi connectivity index (χ0) is 8.28. The van der Waals surface area contributed by atoms with E-state index in [-0.39, 0.29) is 5.78 Å². The number of ketones is 1. The van der Waals surface area contributed by atoms with Crippen molar-refractivity contribution >= 4 is 5.78 Å². The van der Waals surface area contributed by atoms with Crippen molar-refractivity contribution in [3.05, 3.63) is 12.7 Å². The van der Waals surface area contributed by atoms with Gasteiger partial charge in [-0.15, -0.1) is 6.58 Å². The standard InChI is InChI=1S/C3H6O.C3H6.O.V/c1-3(2)4;1-3-2;;/h1-2H3;3H,1H2,2H3;;. The minimum atomic E-state index is 0.167. The van der Waals surface area contributed by atoms with Gasteiger partial charge in [0.25, 0.3) is 0 Å². The third-order valence-electron chi connectivity index (χ3n) is 0. The quantitative estimate of drug-likeness (QED) is 0.514. The van der Waals surface area contributed by atoms with Crippen molar-refractivity contribution in [1.82, 2.24) is 0 Å². The second-order valence-corrected chi connectivity index (χ2v) is 1.32. The third kappa shape index (κ3) is 6190. The predicted molar refractivity (Wildman–Crippen MR) is 32.9 cm³/mol. The molecule has 0 amide bonds. The molecule has 2 nitrogen and oxygen atoms in total. The first-order chi connectivity index (χ1) is 4.15. The number of hydrogen-bond acceptors (Lipinski definition) is 2. The molecule has 0 saturated heterocycles. The van der Waals surface area contributed by atoms with Gasteiger partial charge in [0.05, 0.1) is 0 Å². The van der Waals surface area contributed by atoms with Crippen molar-refractivity contribution in [3.63, 3.8) is 0 Å². The van der Waals surface area contributed by atoms with E-state index in [1.165, 1.54) is 13.8 Å². The molecule has 0 bridgehead atoms. The van der Waals surface area contributed by atoms with Crippen LogP contribution in [-0.4, -0.2) is 5.78 Å².